The van der Waals surface area contributed by atoms with E-state index < -0.39 is 18.2 Å². The second kappa shape index (κ2) is 8.29. The van der Waals surface area contributed by atoms with E-state index in [1.165, 1.54) is 19.3 Å². The topological polar surface area (TPSA) is 77.8 Å². The third kappa shape index (κ3) is 5.32. The fourth-order valence-corrected chi connectivity index (χ4v) is 4.63. The number of aliphatic hydroxyl groups excluding tert-OH is 2. The highest BCUT2D eigenvalue weighted by Crippen LogP contribution is 2.46. The van der Waals surface area contributed by atoms with Crippen LogP contribution in [0.15, 0.2) is 12.2 Å². The molecule has 132 valence electrons. The van der Waals surface area contributed by atoms with Crippen LogP contribution in [0.3, 0.4) is 0 Å². The van der Waals surface area contributed by atoms with Crippen LogP contribution in [-0.2, 0) is 4.79 Å². The Balaban J connectivity index is 1.84. The maximum Gasteiger partial charge on any atom is 0.305 e. The smallest absolute Gasteiger partial charge is 0.305 e. The predicted molar refractivity (Wildman–Crippen MR) is 89.9 cm³/mol. The van der Waals surface area contributed by atoms with E-state index in [4.69, 9.17) is 5.11 Å². The molecule has 2 rings (SSSR count). The second-order valence-corrected chi connectivity index (χ2v) is 7.87. The van der Waals surface area contributed by atoms with Crippen molar-refractivity contribution in [3.8, 4) is 0 Å². The van der Waals surface area contributed by atoms with Crippen LogP contribution in [0.25, 0.3) is 0 Å². The summed E-state index contributed by atoms with van der Waals surface area (Å²) >= 11 is 0. The van der Waals surface area contributed by atoms with Crippen LogP contribution < -0.4 is 0 Å². The van der Waals surface area contributed by atoms with Crippen molar-refractivity contribution in [2.75, 3.05) is 0 Å². The average molecular weight is 324 g/mol. The lowest BCUT2D eigenvalue weighted by molar-refractivity contribution is -0.139. The van der Waals surface area contributed by atoms with Crippen molar-refractivity contribution >= 4 is 5.97 Å². The summed E-state index contributed by atoms with van der Waals surface area (Å²) in [6, 6.07) is 0. The van der Waals surface area contributed by atoms with Gasteiger partial charge in [0.15, 0.2) is 0 Å². The van der Waals surface area contributed by atoms with Gasteiger partial charge in [0.25, 0.3) is 0 Å². The molecule has 1 saturated carbocycles. The molecule has 23 heavy (non-hydrogen) atoms. The fraction of sp³-hybridized carbons (Fsp3) is 0.842. The van der Waals surface area contributed by atoms with E-state index in [1.54, 1.807) is 0 Å². The lowest BCUT2D eigenvalue weighted by Gasteiger charge is -2.43. The zero-order chi connectivity index (χ0) is 17.0. The van der Waals surface area contributed by atoms with Crippen LogP contribution >= 0.6 is 0 Å². The molecule has 3 N–H and O–H groups in total. The van der Waals surface area contributed by atoms with Crippen molar-refractivity contribution in [2.45, 2.75) is 71.0 Å². The number of carboxylic acids is 1. The standard InChI is InChI=1S/C19H32O4/c1-12-3-7-18-14(9-12)5-4-13(2)17(18)8-6-15(20)10-16(21)11-19(22)23/h4-5,12-18,20-21H,3,6-11H2,1-2H3,(H,22,23)/t12-,13+,14+,15-,16-,17+,18+/m1/s1. The molecule has 0 unspecified atom stereocenters. The summed E-state index contributed by atoms with van der Waals surface area (Å²) in [7, 11) is 0. The molecule has 0 spiro atoms. The van der Waals surface area contributed by atoms with Gasteiger partial charge in [-0.15, -0.1) is 0 Å². The van der Waals surface area contributed by atoms with Gasteiger partial charge in [0.05, 0.1) is 18.6 Å². The van der Waals surface area contributed by atoms with Crippen LogP contribution in [0.2, 0.25) is 0 Å². The van der Waals surface area contributed by atoms with E-state index in [9.17, 15) is 15.0 Å². The van der Waals surface area contributed by atoms with Gasteiger partial charge in [-0.05, 0) is 61.7 Å². The van der Waals surface area contributed by atoms with Crippen LogP contribution in [0.1, 0.15) is 58.8 Å². The van der Waals surface area contributed by atoms with E-state index >= 15 is 0 Å². The molecular weight excluding hydrogens is 292 g/mol. The molecule has 0 aromatic rings. The number of hydrogen-bond acceptors (Lipinski definition) is 3. The van der Waals surface area contributed by atoms with Gasteiger partial charge in [-0.2, -0.15) is 0 Å². The van der Waals surface area contributed by atoms with Crippen molar-refractivity contribution in [3.63, 3.8) is 0 Å². The van der Waals surface area contributed by atoms with Crippen LogP contribution in [0, 0.1) is 29.6 Å². The Labute approximate surface area is 139 Å². The van der Waals surface area contributed by atoms with Crippen LogP contribution in [0.4, 0.5) is 0 Å². The Morgan fingerprint density at radius 2 is 1.91 bits per heavy atom. The molecule has 0 aliphatic heterocycles. The third-order valence-corrected chi connectivity index (χ3v) is 5.89. The molecule has 1 fully saturated rings. The Bertz CT molecular complexity index is 420. The maximum absolute atomic E-state index is 10.6. The zero-order valence-corrected chi connectivity index (χ0v) is 14.4. The highest BCUT2D eigenvalue weighted by molar-refractivity contribution is 5.67. The van der Waals surface area contributed by atoms with Crippen molar-refractivity contribution in [3.05, 3.63) is 12.2 Å². The zero-order valence-electron chi connectivity index (χ0n) is 14.4. The molecule has 0 radical (unpaired) electrons. The molecule has 0 amide bonds. The van der Waals surface area contributed by atoms with Gasteiger partial charge in [-0.3, -0.25) is 4.79 Å². The van der Waals surface area contributed by atoms with Gasteiger partial charge >= 0.3 is 5.97 Å². The van der Waals surface area contributed by atoms with Gasteiger partial charge in [0.2, 0.25) is 0 Å². The normalized spacial score (nSPS) is 36.3. The van der Waals surface area contributed by atoms with Gasteiger partial charge in [0, 0.05) is 0 Å². The van der Waals surface area contributed by atoms with E-state index in [0.717, 1.165) is 18.3 Å². The lowest BCUT2D eigenvalue weighted by atomic mass is 9.62. The fourth-order valence-electron chi connectivity index (χ4n) is 4.63. The summed E-state index contributed by atoms with van der Waals surface area (Å²) in [4.78, 5) is 10.6. The number of carboxylic acid groups (broad SMARTS) is 1. The number of hydrogen-bond donors (Lipinski definition) is 3. The Morgan fingerprint density at radius 3 is 2.61 bits per heavy atom. The lowest BCUT2D eigenvalue weighted by Crippen LogP contribution is -2.35. The number of allylic oxidation sites excluding steroid dienone is 2. The second-order valence-electron chi connectivity index (χ2n) is 7.87. The molecular formula is C19H32O4. The van der Waals surface area contributed by atoms with Crippen LogP contribution in [-0.4, -0.2) is 33.5 Å². The average Bonchev–Trinajstić information content (AvgIpc) is 2.45. The van der Waals surface area contributed by atoms with Crippen molar-refractivity contribution in [2.24, 2.45) is 29.6 Å². The SMILES string of the molecule is C[C@@H]1CC[C@@H]2[C@@H](CC[C@@H](O)C[C@@H](O)CC(=O)O)[C@@H](C)C=C[C@H]2C1. The molecule has 4 heteroatoms. The van der Waals surface area contributed by atoms with Gasteiger partial charge in [-0.25, -0.2) is 0 Å². The van der Waals surface area contributed by atoms with Gasteiger partial charge in [-0.1, -0.05) is 32.4 Å². The summed E-state index contributed by atoms with van der Waals surface area (Å²) in [5.41, 5.74) is 0. The molecule has 4 nitrogen and oxygen atoms in total. The summed E-state index contributed by atoms with van der Waals surface area (Å²) in [5.74, 6) is 2.35. The van der Waals surface area contributed by atoms with Crippen molar-refractivity contribution in [1.29, 1.82) is 0 Å². The molecule has 7 atom stereocenters. The first-order valence-corrected chi connectivity index (χ1v) is 9.13. The quantitative estimate of drug-likeness (QED) is 0.628. The van der Waals surface area contributed by atoms with Gasteiger partial charge < -0.3 is 15.3 Å². The number of rotatable bonds is 7. The maximum atomic E-state index is 10.6. The van der Waals surface area contributed by atoms with E-state index in [2.05, 4.69) is 26.0 Å². The van der Waals surface area contributed by atoms with Gasteiger partial charge in [0.1, 0.15) is 0 Å². The first-order chi connectivity index (χ1) is 10.9. The summed E-state index contributed by atoms with van der Waals surface area (Å²) in [6.45, 7) is 4.60. The number of carbonyl (C=O) groups is 1. The van der Waals surface area contributed by atoms with E-state index in [0.29, 0.717) is 24.2 Å². The molecule has 0 saturated heterocycles. The number of aliphatic carboxylic acids is 1. The summed E-state index contributed by atoms with van der Waals surface area (Å²) in [6.07, 6.45) is 8.55. The van der Waals surface area contributed by atoms with E-state index in [1.807, 2.05) is 0 Å². The first kappa shape index (κ1) is 18.5. The first-order valence-electron chi connectivity index (χ1n) is 9.13. The summed E-state index contributed by atoms with van der Waals surface area (Å²) in [5, 5.41) is 28.4. The Hall–Kier alpha value is -0.870. The number of fused-ring (bicyclic) bond motifs is 1. The molecule has 2 aliphatic carbocycles. The third-order valence-electron chi connectivity index (χ3n) is 5.89. The molecule has 0 aromatic heterocycles. The van der Waals surface area contributed by atoms with Crippen LogP contribution in [0.5, 0.6) is 0 Å². The molecule has 0 bridgehead atoms. The predicted octanol–water partition coefficient (Wildman–Crippen LogP) is 3.23. The number of aliphatic hydroxyl groups is 2. The Morgan fingerprint density at radius 1 is 1.17 bits per heavy atom. The van der Waals surface area contributed by atoms with E-state index in [-0.39, 0.29) is 12.8 Å². The molecule has 2 aliphatic rings. The highest BCUT2D eigenvalue weighted by atomic mass is 16.4. The molecule has 0 heterocycles. The van der Waals surface area contributed by atoms with Crippen molar-refractivity contribution < 1.29 is 20.1 Å². The summed E-state index contributed by atoms with van der Waals surface area (Å²) < 4.78 is 0. The largest absolute Gasteiger partial charge is 0.481 e. The minimum absolute atomic E-state index is 0.161. The minimum Gasteiger partial charge on any atom is -0.481 e. The Kier molecular flexibility index (Phi) is 6.66. The monoisotopic (exact) mass is 324 g/mol. The highest BCUT2D eigenvalue weighted by Gasteiger charge is 2.37. The van der Waals surface area contributed by atoms with Crippen molar-refractivity contribution in [1.82, 2.24) is 0 Å². The molecule has 0 aromatic carbocycles. The minimum atomic E-state index is -1.02.